The average Bonchev–Trinajstić information content (AvgIpc) is 2.63. The molecule has 0 bridgehead atoms. The van der Waals surface area contributed by atoms with Crippen molar-refractivity contribution in [2.45, 2.75) is 6.04 Å². The van der Waals surface area contributed by atoms with E-state index in [-0.39, 0.29) is 5.91 Å². The molecule has 2 rings (SSSR count). The van der Waals surface area contributed by atoms with Gasteiger partial charge >= 0.3 is 0 Å². The van der Waals surface area contributed by atoms with Crippen LogP contribution in [0.2, 0.25) is 0 Å². The monoisotopic (exact) mass is 188 g/mol. The highest BCUT2D eigenvalue weighted by atomic mass is 16.2. The Labute approximate surface area is 80.5 Å². The number of carbonyl (C=O) groups is 1. The van der Waals surface area contributed by atoms with Gasteiger partial charge in [-0.15, -0.1) is 0 Å². The van der Waals surface area contributed by atoms with Gasteiger partial charge in [-0.2, -0.15) is 15.3 Å². The first-order valence-corrected chi connectivity index (χ1v) is 4.15. The van der Waals surface area contributed by atoms with Crippen LogP contribution in [0.25, 0.3) is 0 Å². The molecule has 5 heteroatoms. The first-order valence-electron chi connectivity index (χ1n) is 4.15. The summed E-state index contributed by atoms with van der Waals surface area (Å²) in [6, 6.07) is 8.65. The summed E-state index contributed by atoms with van der Waals surface area (Å²) < 4.78 is 0. The van der Waals surface area contributed by atoms with E-state index in [2.05, 4.69) is 20.8 Å². The van der Waals surface area contributed by atoms with Gasteiger partial charge in [0.2, 0.25) is 0 Å². The number of nitrogens with one attached hydrogen (secondary N) is 1. The zero-order valence-corrected chi connectivity index (χ0v) is 7.29. The van der Waals surface area contributed by atoms with E-state index in [1.165, 1.54) is 6.21 Å². The molecule has 14 heavy (non-hydrogen) atoms. The summed E-state index contributed by atoms with van der Waals surface area (Å²) >= 11 is 0. The standard InChI is InChI=1S/C9H8N4O/c14-9-8(6-10-13-9)12-11-7-4-2-1-3-5-7/h1-6,8H,(H,13,14). The van der Waals surface area contributed by atoms with Crippen LogP contribution in [0, 0.1) is 0 Å². The van der Waals surface area contributed by atoms with Crippen LogP contribution >= 0.6 is 0 Å². The molecule has 1 unspecified atom stereocenters. The number of carbonyl (C=O) groups excluding carboxylic acids is 1. The van der Waals surface area contributed by atoms with E-state index < -0.39 is 6.04 Å². The molecule has 0 saturated heterocycles. The average molecular weight is 188 g/mol. The van der Waals surface area contributed by atoms with Crippen LogP contribution in [0.1, 0.15) is 0 Å². The molecule has 1 aromatic rings. The van der Waals surface area contributed by atoms with Gasteiger partial charge in [0, 0.05) is 0 Å². The Hall–Kier alpha value is -2.04. The molecule has 1 amide bonds. The zero-order chi connectivity index (χ0) is 9.80. The first-order chi connectivity index (χ1) is 6.86. The normalized spacial score (nSPS) is 20.3. The van der Waals surface area contributed by atoms with E-state index in [9.17, 15) is 4.79 Å². The molecule has 1 atom stereocenters. The van der Waals surface area contributed by atoms with Gasteiger partial charge in [0.05, 0.1) is 11.9 Å². The van der Waals surface area contributed by atoms with Gasteiger partial charge in [-0.25, -0.2) is 5.43 Å². The SMILES string of the molecule is O=C1NN=CC1N=Nc1ccccc1. The van der Waals surface area contributed by atoms with Crippen LogP contribution in [0.4, 0.5) is 5.69 Å². The summed E-state index contributed by atoms with van der Waals surface area (Å²) in [5.41, 5.74) is 3.01. The molecule has 0 saturated carbocycles. The number of amides is 1. The van der Waals surface area contributed by atoms with E-state index in [1.54, 1.807) is 0 Å². The molecular formula is C9H8N4O. The highest BCUT2D eigenvalue weighted by molar-refractivity contribution is 6.01. The second-order valence-electron chi connectivity index (χ2n) is 2.75. The number of hydrogen-bond acceptors (Lipinski definition) is 4. The zero-order valence-electron chi connectivity index (χ0n) is 7.29. The van der Waals surface area contributed by atoms with Gasteiger partial charge in [-0.3, -0.25) is 4.79 Å². The Bertz CT molecular complexity index is 385. The Morgan fingerprint density at radius 1 is 1.29 bits per heavy atom. The van der Waals surface area contributed by atoms with Crippen molar-refractivity contribution < 1.29 is 4.79 Å². The predicted octanol–water partition coefficient (Wildman–Crippen LogP) is 1.25. The molecule has 1 aliphatic rings. The molecule has 1 aliphatic heterocycles. The Morgan fingerprint density at radius 2 is 2.07 bits per heavy atom. The van der Waals surface area contributed by atoms with E-state index in [0.717, 1.165) is 5.69 Å². The van der Waals surface area contributed by atoms with Crippen molar-refractivity contribution in [3.05, 3.63) is 30.3 Å². The molecule has 1 heterocycles. The number of azo groups is 1. The van der Waals surface area contributed by atoms with Crippen molar-refractivity contribution in [2.24, 2.45) is 15.3 Å². The van der Waals surface area contributed by atoms with Gasteiger partial charge < -0.3 is 0 Å². The fourth-order valence-corrected chi connectivity index (χ4v) is 1.01. The summed E-state index contributed by atoms with van der Waals surface area (Å²) in [7, 11) is 0. The summed E-state index contributed by atoms with van der Waals surface area (Å²) in [5, 5.41) is 11.3. The fourth-order valence-electron chi connectivity index (χ4n) is 1.01. The van der Waals surface area contributed by atoms with Gasteiger partial charge in [-0.05, 0) is 12.1 Å². The van der Waals surface area contributed by atoms with Crippen molar-refractivity contribution in [1.29, 1.82) is 0 Å². The quantitative estimate of drug-likeness (QED) is 0.697. The molecule has 0 spiro atoms. The van der Waals surface area contributed by atoms with Crippen molar-refractivity contribution in [3.63, 3.8) is 0 Å². The van der Waals surface area contributed by atoms with Crippen LogP contribution in [0.15, 0.2) is 45.7 Å². The first kappa shape index (κ1) is 8.55. The van der Waals surface area contributed by atoms with Crippen molar-refractivity contribution in [2.75, 3.05) is 0 Å². The second kappa shape index (κ2) is 3.78. The molecule has 1 aromatic carbocycles. The van der Waals surface area contributed by atoms with E-state index in [0.29, 0.717) is 0 Å². The van der Waals surface area contributed by atoms with Gasteiger partial charge in [-0.1, -0.05) is 18.2 Å². The minimum atomic E-state index is -0.588. The molecule has 0 aromatic heterocycles. The number of rotatable bonds is 2. The van der Waals surface area contributed by atoms with Crippen molar-refractivity contribution in [3.8, 4) is 0 Å². The van der Waals surface area contributed by atoms with Crippen LogP contribution in [-0.2, 0) is 4.79 Å². The topological polar surface area (TPSA) is 66.2 Å². The van der Waals surface area contributed by atoms with Gasteiger partial charge in [0.25, 0.3) is 5.91 Å². The third-order valence-electron chi connectivity index (χ3n) is 1.71. The summed E-state index contributed by atoms with van der Waals surface area (Å²) in [6.07, 6.45) is 1.43. The lowest BCUT2D eigenvalue weighted by atomic mass is 10.3. The van der Waals surface area contributed by atoms with Crippen molar-refractivity contribution in [1.82, 2.24) is 5.43 Å². The summed E-state index contributed by atoms with van der Waals surface area (Å²) in [6.45, 7) is 0. The predicted molar refractivity (Wildman–Crippen MR) is 51.4 cm³/mol. The van der Waals surface area contributed by atoms with Gasteiger partial charge in [0.1, 0.15) is 0 Å². The summed E-state index contributed by atoms with van der Waals surface area (Å²) in [4.78, 5) is 11.0. The Kier molecular flexibility index (Phi) is 2.31. The smallest absolute Gasteiger partial charge is 0.270 e. The highest BCUT2D eigenvalue weighted by Crippen LogP contribution is 2.11. The lowest BCUT2D eigenvalue weighted by molar-refractivity contribution is -0.120. The molecular weight excluding hydrogens is 180 g/mol. The van der Waals surface area contributed by atoms with Crippen LogP contribution in [0.3, 0.4) is 0 Å². The lowest BCUT2D eigenvalue weighted by Crippen LogP contribution is -2.22. The fraction of sp³-hybridized carbons (Fsp3) is 0.111. The third-order valence-corrected chi connectivity index (χ3v) is 1.71. The van der Waals surface area contributed by atoms with Crippen LogP contribution in [0.5, 0.6) is 0 Å². The molecule has 5 nitrogen and oxygen atoms in total. The molecule has 0 aliphatic carbocycles. The second-order valence-corrected chi connectivity index (χ2v) is 2.75. The minimum Gasteiger partial charge on any atom is -0.270 e. The van der Waals surface area contributed by atoms with E-state index >= 15 is 0 Å². The number of benzene rings is 1. The maximum atomic E-state index is 11.0. The molecule has 1 N–H and O–H groups in total. The molecule has 70 valence electrons. The largest absolute Gasteiger partial charge is 0.272 e. The van der Waals surface area contributed by atoms with E-state index in [1.807, 2.05) is 30.3 Å². The van der Waals surface area contributed by atoms with E-state index in [4.69, 9.17) is 0 Å². The maximum Gasteiger partial charge on any atom is 0.272 e. The van der Waals surface area contributed by atoms with Crippen LogP contribution < -0.4 is 5.43 Å². The molecule has 0 fully saturated rings. The van der Waals surface area contributed by atoms with Crippen LogP contribution in [-0.4, -0.2) is 18.2 Å². The highest BCUT2D eigenvalue weighted by Gasteiger charge is 2.19. The number of nitrogens with zero attached hydrogens (tertiary/aromatic N) is 3. The minimum absolute atomic E-state index is 0.246. The summed E-state index contributed by atoms with van der Waals surface area (Å²) in [5.74, 6) is -0.246. The Morgan fingerprint density at radius 3 is 2.71 bits per heavy atom. The molecule has 0 radical (unpaired) electrons. The Balaban J connectivity index is 2.07. The maximum absolute atomic E-state index is 11.0. The third kappa shape index (κ3) is 1.82. The number of hydrogen-bond donors (Lipinski definition) is 1. The van der Waals surface area contributed by atoms with Crippen molar-refractivity contribution >= 4 is 17.8 Å². The van der Waals surface area contributed by atoms with Gasteiger partial charge in [0.15, 0.2) is 6.04 Å². The number of hydrazone groups is 1. The lowest BCUT2D eigenvalue weighted by Gasteiger charge is -1.94.